The van der Waals surface area contributed by atoms with Gasteiger partial charge in [0, 0.05) is 37.1 Å². The molecule has 0 radical (unpaired) electrons. The van der Waals surface area contributed by atoms with E-state index in [1.54, 1.807) is 7.11 Å². The summed E-state index contributed by atoms with van der Waals surface area (Å²) in [7, 11) is 0.580. The van der Waals surface area contributed by atoms with Crippen molar-refractivity contribution in [2.75, 3.05) is 49.5 Å². The van der Waals surface area contributed by atoms with Gasteiger partial charge in [0.05, 0.1) is 31.5 Å². The average Bonchev–Trinajstić information content (AvgIpc) is 2.66. The maximum Gasteiger partial charge on any atom is 0.306 e. The summed E-state index contributed by atoms with van der Waals surface area (Å²) in [6.45, 7) is 3.39. The molecule has 1 atom stereocenters. The van der Waals surface area contributed by atoms with E-state index in [4.69, 9.17) is 15.2 Å². The highest BCUT2D eigenvalue weighted by atomic mass is 32.3. The average molecular weight is 415 g/mol. The lowest BCUT2D eigenvalue weighted by molar-refractivity contribution is -0.141. The first-order chi connectivity index (χ1) is 13.3. The second-order valence-corrected chi connectivity index (χ2v) is 9.81. The van der Waals surface area contributed by atoms with Crippen molar-refractivity contribution < 1.29 is 23.4 Å². The molecule has 0 amide bonds. The Bertz CT molecular complexity index is 645. The maximum absolute atomic E-state index is 11.7. The molecule has 8 heteroatoms. The molecule has 1 aromatic rings. The van der Waals surface area contributed by atoms with Gasteiger partial charge >= 0.3 is 5.97 Å². The van der Waals surface area contributed by atoms with Crippen LogP contribution in [0.2, 0.25) is 0 Å². The lowest BCUT2D eigenvalue weighted by Crippen LogP contribution is -2.41. The first-order valence-corrected chi connectivity index (χ1v) is 11.6. The monoisotopic (exact) mass is 414 g/mol. The third kappa shape index (κ3) is 6.01. The Hall–Kier alpha value is -1.48. The zero-order chi connectivity index (χ0) is 20.7. The van der Waals surface area contributed by atoms with Gasteiger partial charge in [-0.2, -0.15) is 10.6 Å². The summed E-state index contributed by atoms with van der Waals surface area (Å²) in [5.74, 6) is 0.505. The minimum atomic E-state index is -2.41. The predicted molar refractivity (Wildman–Crippen MR) is 115 cm³/mol. The zero-order valence-corrected chi connectivity index (χ0v) is 17.9. The maximum atomic E-state index is 11.7. The van der Waals surface area contributed by atoms with Crippen molar-refractivity contribution >= 4 is 27.9 Å². The Morgan fingerprint density at radius 3 is 2.54 bits per heavy atom. The summed E-state index contributed by atoms with van der Waals surface area (Å²) < 4.78 is 29.9. The van der Waals surface area contributed by atoms with Gasteiger partial charge in [-0.05, 0) is 37.0 Å². The van der Waals surface area contributed by atoms with Crippen molar-refractivity contribution in [3.63, 3.8) is 0 Å². The topological polar surface area (TPSA) is 105 Å². The summed E-state index contributed by atoms with van der Waals surface area (Å²) in [5.41, 5.74) is 8.99. The van der Waals surface area contributed by atoms with E-state index in [0.717, 1.165) is 37.1 Å². The van der Waals surface area contributed by atoms with Crippen molar-refractivity contribution in [3.8, 4) is 0 Å². The van der Waals surface area contributed by atoms with E-state index in [2.05, 4.69) is 11.8 Å². The van der Waals surface area contributed by atoms with Crippen LogP contribution in [0.5, 0.6) is 0 Å². The van der Waals surface area contributed by atoms with E-state index in [1.807, 2.05) is 18.2 Å². The Balaban J connectivity index is 2.22. The molecule has 1 heterocycles. The van der Waals surface area contributed by atoms with Gasteiger partial charge in [0.2, 0.25) is 0 Å². The fourth-order valence-corrected chi connectivity index (χ4v) is 5.30. The third-order valence-corrected chi connectivity index (χ3v) is 7.08. The summed E-state index contributed by atoms with van der Waals surface area (Å²) in [5, 5.41) is 0. The first kappa shape index (κ1) is 22.8. The Kier molecular flexibility index (Phi) is 8.42. The van der Waals surface area contributed by atoms with Gasteiger partial charge in [-0.15, -0.1) is 0 Å². The second kappa shape index (κ2) is 10.3. The molecule has 1 fully saturated rings. The van der Waals surface area contributed by atoms with Crippen LogP contribution in [0.15, 0.2) is 18.2 Å². The standard InChI is InChI=1S/C20H34N2O5S/c1-4-9-22(17-7-10-28(24,25)11-8-17)19-6-5-15(12-18(19)21)16(14-26-2)13-20(23)27-3/h5-6,12,16-17,24-25H,4,7-11,13-14,21H2,1-3H3. The molecule has 28 heavy (non-hydrogen) atoms. The van der Waals surface area contributed by atoms with Gasteiger partial charge in [-0.25, -0.2) is 0 Å². The largest absolute Gasteiger partial charge is 0.469 e. The van der Waals surface area contributed by atoms with Crippen molar-refractivity contribution in [1.29, 1.82) is 0 Å². The molecule has 1 aromatic carbocycles. The molecule has 0 spiro atoms. The summed E-state index contributed by atoms with van der Waals surface area (Å²) in [6, 6.07) is 6.17. The van der Waals surface area contributed by atoms with E-state index in [1.165, 1.54) is 7.11 Å². The predicted octanol–water partition coefficient (Wildman–Crippen LogP) is 3.69. The molecule has 0 aliphatic carbocycles. The normalized spacial score (nSPS) is 19.0. The fraction of sp³-hybridized carbons (Fsp3) is 0.650. The molecule has 1 unspecified atom stereocenters. The van der Waals surface area contributed by atoms with Crippen LogP contribution in [0, 0.1) is 0 Å². The highest BCUT2D eigenvalue weighted by Gasteiger charge is 2.29. The molecule has 1 aliphatic heterocycles. The number of nitrogens with zero attached hydrogens (tertiary/aromatic N) is 1. The number of benzene rings is 1. The van der Waals surface area contributed by atoms with Crippen molar-refractivity contribution in [2.45, 2.75) is 44.6 Å². The number of nitrogen functional groups attached to an aromatic ring is 1. The molecule has 2 rings (SSSR count). The molecule has 7 nitrogen and oxygen atoms in total. The highest BCUT2D eigenvalue weighted by molar-refractivity contribution is 8.24. The first-order valence-electron chi connectivity index (χ1n) is 9.76. The molecule has 1 aliphatic rings. The number of hydrogen-bond donors (Lipinski definition) is 3. The van der Waals surface area contributed by atoms with E-state index < -0.39 is 10.6 Å². The molecular weight excluding hydrogens is 380 g/mol. The second-order valence-electron chi connectivity index (χ2n) is 7.39. The Labute approximate surface area is 169 Å². The van der Waals surface area contributed by atoms with E-state index >= 15 is 0 Å². The lowest BCUT2D eigenvalue weighted by Gasteiger charge is -2.44. The van der Waals surface area contributed by atoms with Crippen molar-refractivity contribution in [2.24, 2.45) is 0 Å². The van der Waals surface area contributed by atoms with E-state index in [-0.39, 0.29) is 24.3 Å². The number of esters is 1. The number of methoxy groups -OCH3 is 2. The number of hydrogen-bond acceptors (Lipinski definition) is 7. The molecule has 0 aromatic heterocycles. The van der Waals surface area contributed by atoms with Crippen LogP contribution in [0.3, 0.4) is 0 Å². The van der Waals surface area contributed by atoms with Gasteiger partial charge in [0.25, 0.3) is 0 Å². The molecule has 0 bridgehead atoms. The van der Waals surface area contributed by atoms with Gasteiger partial charge in [-0.3, -0.25) is 13.9 Å². The summed E-state index contributed by atoms with van der Waals surface area (Å²) in [4.78, 5) is 14.0. The minimum absolute atomic E-state index is 0.115. The third-order valence-electron chi connectivity index (χ3n) is 5.30. The van der Waals surface area contributed by atoms with Crippen molar-refractivity contribution in [1.82, 2.24) is 0 Å². The number of nitrogens with two attached hydrogens (primary N) is 1. The van der Waals surface area contributed by atoms with Crippen molar-refractivity contribution in [3.05, 3.63) is 23.8 Å². The highest BCUT2D eigenvalue weighted by Crippen LogP contribution is 2.46. The molecule has 4 N–H and O–H groups in total. The summed E-state index contributed by atoms with van der Waals surface area (Å²) in [6.07, 6.45) is 2.71. The van der Waals surface area contributed by atoms with E-state index in [0.29, 0.717) is 23.8 Å². The molecule has 0 saturated carbocycles. The Morgan fingerprint density at radius 1 is 1.32 bits per heavy atom. The van der Waals surface area contributed by atoms with Crippen LogP contribution in [0.25, 0.3) is 0 Å². The van der Waals surface area contributed by atoms with E-state index in [9.17, 15) is 13.9 Å². The fourth-order valence-electron chi connectivity index (χ4n) is 3.80. The minimum Gasteiger partial charge on any atom is -0.469 e. The quantitative estimate of drug-likeness (QED) is 0.418. The Morgan fingerprint density at radius 2 is 2.00 bits per heavy atom. The van der Waals surface area contributed by atoms with Crippen LogP contribution in [0.4, 0.5) is 11.4 Å². The number of carbonyl (C=O) groups is 1. The van der Waals surface area contributed by atoms with Gasteiger partial charge in [0.1, 0.15) is 0 Å². The van der Waals surface area contributed by atoms with Gasteiger partial charge in [0.15, 0.2) is 0 Å². The van der Waals surface area contributed by atoms with Crippen LogP contribution < -0.4 is 10.6 Å². The SMILES string of the molecule is CCCN(c1ccc(C(COC)CC(=O)OC)cc1N)C1CCS(O)(O)CC1. The van der Waals surface area contributed by atoms with Crippen LogP contribution in [-0.2, 0) is 14.3 Å². The zero-order valence-electron chi connectivity index (χ0n) is 17.1. The van der Waals surface area contributed by atoms with Crippen LogP contribution in [0.1, 0.15) is 44.1 Å². The van der Waals surface area contributed by atoms with Crippen LogP contribution >= 0.6 is 10.6 Å². The number of ether oxygens (including phenoxy) is 2. The molecule has 1 saturated heterocycles. The van der Waals surface area contributed by atoms with Gasteiger partial charge in [-0.1, -0.05) is 13.0 Å². The number of carbonyl (C=O) groups excluding carboxylic acids is 1. The molecular formula is C20H34N2O5S. The molecule has 160 valence electrons. The lowest BCUT2D eigenvalue weighted by atomic mass is 9.95. The van der Waals surface area contributed by atoms with Gasteiger partial charge < -0.3 is 20.1 Å². The number of rotatable bonds is 9. The summed E-state index contributed by atoms with van der Waals surface area (Å²) >= 11 is 0. The number of anilines is 2. The van der Waals surface area contributed by atoms with Crippen LogP contribution in [-0.4, -0.2) is 60.0 Å². The smallest absolute Gasteiger partial charge is 0.306 e.